The Morgan fingerprint density at radius 1 is 0.359 bits per heavy atom. The summed E-state index contributed by atoms with van der Waals surface area (Å²) in [4.78, 5) is 86.2. The normalized spacial score (nSPS) is 25.5. The van der Waals surface area contributed by atoms with Gasteiger partial charge in [-0.3, -0.25) is 33.6 Å². The molecule has 0 radical (unpaired) electrons. The Bertz CT molecular complexity index is 2110. The minimum absolute atomic E-state index is 0.0219. The van der Waals surface area contributed by atoms with E-state index in [1.165, 1.54) is 20.8 Å². The van der Waals surface area contributed by atoms with E-state index >= 15 is 0 Å². The van der Waals surface area contributed by atoms with Gasteiger partial charge in [-0.2, -0.15) is 0 Å². The summed E-state index contributed by atoms with van der Waals surface area (Å²) in [6, 6.07) is -3.16. The largest absolute Gasteiger partial charge is 0.394 e. The van der Waals surface area contributed by atoms with Gasteiger partial charge in [0.15, 0.2) is 18.9 Å². The third-order valence-electron chi connectivity index (χ3n) is 16.4. The topological polar surface area (TPSA) is 506 Å². The van der Waals surface area contributed by atoms with E-state index in [1.54, 1.807) is 0 Å². The molecule has 36 nitrogen and oxygen atoms in total. The van der Waals surface area contributed by atoms with E-state index < -0.39 is 135 Å². The highest BCUT2D eigenvalue weighted by molar-refractivity contribution is 5.78. The van der Waals surface area contributed by atoms with Gasteiger partial charge in [0.25, 0.3) is 0 Å². The Morgan fingerprint density at radius 2 is 0.650 bits per heavy atom. The van der Waals surface area contributed by atoms with Crippen LogP contribution in [-0.4, -0.2) is 336 Å². The first-order valence-electron chi connectivity index (χ1n) is 36.2. The van der Waals surface area contributed by atoms with E-state index in [0.717, 1.165) is 0 Å². The average molecular weight is 1490 g/mol. The number of amides is 7. The molecule has 3 aliphatic heterocycles. The van der Waals surface area contributed by atoms with Crippen LogP contribution in [-0.2, 0) is 95.1 Å². The maximum absolute atomic E-state index is 13.5. The monoisotopic (exact) mass is 1490 g/mol. The van der Waals surface area contributed by atoms with Crippen molar-refractivity contribution < 1.29 is 141 Å². The summed E-state index contributed by atoms with van der Waals surface area (Å²) in [6.45, 7) is 10.6. The summed E-state index contributed by atoms with van der Waals surface area (Å²) in [5.74, 6) is -2.18. The summed E-state index contributed by atoms with van der Waals surface area (Å²) in [6.07, 6.45) is -8.59. The Hall–Kier alpha value is -4.59. The molecule has 3 rings (SSSR count). The van der Waals surface area contributed by atoms with Crippen LogP contribution in [0.15, 0.2) is 0 Å². The van der Waals surface area contributed by atoms with Gasteiger partial charge in [0, 0.05) is 145 Å². The minimum Gasteiger partial charge on any atom is -0.394 e. The molecule has 600 valence electrons. The second kappa shape index (κ2) is 54.9. The van der Waals surface area contributed by atoms with Crippen molar-refractivity contribution in [3.63, 3.8) is 0 Å². The van der Waals surface area contributed by atoms with E-state index in [2.05, 4.69) is 37.2 Å². The Labute approximate surface area is 603 Å². The van der Waals surface area contributed by atoms with Gasteiger partial charge in [0.2, 0.25) is 41.4 Å². The highest BCUT2D eigenvalue weighted by atomic mass is 16.7. The fourth-order valence-corrected chi connectivity index (χ4v) is 10.9. The standard InChI is InChI=1S/C67H123N7O29/c1-44(2)97-37-21-54(84)74-67(41-94-31-15-28-91-25-12-22-68-51(81)18-6-9-34-98-64-55(71-45(3)78)61(88)58(85)48(38-75)101-64,42-95-32-16-29-92-26-13-23-69-52(82)19-7-10-35-99-65-56(72-46(4)79)62(89)59(86)49(39-76)102-65)43-96-33-17-30-93-27-14-24-70-53(83)20-8-11-36-100-66-57(73-47(5)80)63(90)60(87)50(40-77)103-66/h44,48-50,55-66,75-77,85-90H,6-43H2,1-5H3,(H,68,81)(H,69,82)(H,70,83)(H,71,78)(H,72,79)(H,73,80)(H,74,84). The second-order valence-corrected chi connectivity index (χ2v) is 25.9. The van der Waals surface area contributed by atoms with Crippen molar-refractivity contribution in [1.82, 2.24) is 37.2 Å². The smallest absolute Gasteiger partial charge is 0.222 e. The van der Waals surface area contributed by atoms with Crippen LogP contribution < -0.4 is 37.2 Å². The van der Waals surface area contributed by atoms with Crippen molar-refractivity contribution in [1.29, 1.82) is 0 Å². The molecular formula is C67H123N7O29. The number of ether oxygens (including phenoxy) is 13. The molecular weight excluding hydrogens is 1370 g/mol. The number of hydrogen-bond acceptors (Lipinski definition) is 29. The van der Waals surface area contributed by atoms with Gasteiger partial charge in [-0.25, -0.2) is 0 Å². The third-order valence-corrected chi connectivity index (χ3v) is 16.4. The van der Waals surface area contributed by atoms with Crippen LogP contribution in [0.4, 0.5) is 0 Å². The zero-order valence-electron chi connectivity index (χ0n) is 60.8. The number of carbonyl (C=O) groups is 7. The van der Waals surface area contributed by atoms with Crippen LogP contribution in [0.25, 0.3) is 0 Å². The van der Waals surface area contributed by atoms with Crippen molar-refractivity contribution in [2.24, 2.45) is 0 Å². The Kier molecular flexibility index (Phi) is 49.4. The first-order chi connectivity index (χ1) is 49.5. The summed E-state index contributed by atoms with van der Waals surface area (Å²) >= 11 is 0. The summed E-state index contributed by atoms with van der Waals surface area (Å²) in [7, 11) is 0. The van der Waals surface area contributed by atoms with Crippen molar-refractivity contribution in [2.75, 3.05) is 145 Å². The van der Waals surface area contributed by atoms with E-state index in [1.807, 2.05) is 13.8 Å². The highest BCUT2D eigenvalue weighted by Crippen LogP contribution is 2.26. The Balaban J connectivity index is 1.42. The summed E-state index contributed by atoms with van der Waals surface area (Å²) in [5, 5.41) is 110. The number of aliphatic hydroxyl groups excluding tert-OH is 9. The van der Waals surface area contributed by atoms with Crippen LogP contribution >= 0.6 is 0 Å². The van der Waals surface area contributed by atoms with Gasteiger partial charge in [-0.1, -0.05) is 0 Å². The van der Waals surface area contributed by atoms with Crippen molar-refractivity contribution in [3.8, 4) is 0 Å². The van der Waals surface area contributed by atoms with Crippen molar-refractivity contribution in [2.45, 2.75) is 241 Å². The molecule has 7 amide bonds. The fourth-order valence-electron chi connectivity index (χ4n) is 10.9. The molecule has 3 fully saturated rings. The third kappa shape index (κ3) is 39.2. The van der Waals surface area contributed by atoms with Crippen LogP contribution in [0.2, 0.25) is 0 Å². The molecule has 0 aromatic rings. The van der Waals surface area contributed by atoms with Gasteiger partial charge < -0.3 is 145 Å². The zero-order valence-corrected chi connectivity index (χ0v) is 60.8. The van der Waals surface area contributed by atoms with Crippen molar-refractivity contribution >= 4 is 41.4 Å². The van der Waals surface area contributed by atoms with Gasteiger partial charge in [0.1, 0.15) is 78.6 Å². The lowest BCUT2D eigenvalue weighted by Gasteiger charge is -2.42. The zero-order chi connectivity index (χ0) is 75.8. The van der Waals surface area contributed by atoms with Gasteiger partial charge in [-0.05, 0) is 90.9 Å². The van der Waals surface area contributed by atoms with Gasteiger partial charge >= 0.3 is 0 Å². The number of nitrogens with one attached hydrogen (secondary N) is 7. The number of unbranched alkanes of at least 4 members (excludes halogenated alkanes) is 3. The van der Waals surface area contributed by atoms with Gasteiger partial charge in [0.05, 0.1) is 52.4 Å². The molecule has 36 heteroatoms. The van der Waals surface area contributed by atoms with Crippen LogP contribution in [0.3, 0.4) is 0 Å². The van der Waals surface area contributed by atoms with E-state index in [9.17, 15) is 79.5 Å². The van der Waals surface area contributed by atoms with Crippen LogP contribution in [0.1, 0.15) is 137 Å². The lowest BCUT2D eigenvalue weighted by atomic mass is 9.97. The molecule has 16 N–H and O–H groups in total. The molecule has 0 aromatic heterocycles. The summed E-state index contributed by atoms with van der Waals surface area (Å²) < 4.78 is 75.6. The molecule has 0 bridgehead atoms. The fraction of sp³-hybridized carbons (Fsp3) is 0.896. The number of carbonyl (C=O) groups excluding carboxylic acids is 7. The predicted octanol–water partition coefficient (Wildman–Crippen LogP) is -4.16. The number of rotatable bonds is 59. The highest BCUT2D eigenvalue weighted by Gasteiger charge is 2.48. The Morgan fingerprint density at radius 3 is 0.932 bits per heavy atom. The van der Waals surface area contributed by atoms with Crippen molar-refractivity contribution in [3.05, 3.63) is 0 Å². The van der Waals surface area contributed by atoms with Crippen LogP contribution in [0.5, 0.6) is 0 Å². The van der Waals surface area contributed by atoms with E-state index in [0.29, 0.717) is 136 Å². The molecule has 15 atom stereocenters. The maximum Gasteiger partial charge on any atom is 0.222 e. The average Bonchev–Trinajstić information content (AvgIpc) is 0.825. The minimum atomic E-state index is -1.43. The molecule has 0 saturated carbocycles. The molecule has 103 heavy (non-hydrogen) atoms. The maximum atomic E-state index is 13.5. The molecule has 3 saturated heterocycles. The van der Waals surface area contributed by atoms with E-state index in [-0.39, 0.29) is 121 Å². The first kappa shape index (κ1) is 92.6. The molecule has 3 aliphatic rings. The second-order valence-electron chi connectivity index (χ2n) is 25.9. The summed E-state index contributed by atoms with van der Waals surface area (Å²) in [5.41, 5.74) is -1.13. The van der Waals surface area contributed by atoms with E-state index in [4.69, 9.17) is 61.6 Å². The molecule has 0 spiro atoms. The number of hydrogen-bond donors (Lipinski definition) is 16. The number of aliphatic hydroxyl groups is 9. The lowest BCUT2D eigenvalue weighted by molar-refractivity contribution is -0.270. The predicted molar refractivity (Wildman–Crippen MR) is 364 cm³/mol. The molecule has 0 aromatic carbocycles. The van der Waals surface area contributed by atoms with Gasteiger partial charge in [-0.15, -0.1) is 0 Å². The van der Waals surface area contributed by atoms with Crippen LogP contribution in [0, 0.1) is 0 Å². The molecule has 3 heterocycles. The molecule has 0 aliphatic carbocycles. The molecule has 15 unspecified atom stereocenters. The quantitative estimate of drug-likeness (QED) is 0.0257. The first-order valence-corrected chi connectivity index (χ1v) is 36.2. The SMILES string of the molecule is CC(=O)NC1C(OCCCCC(=O)NCCCOCCCOCC(COCCCOCCCNC(=O)CCCCOC2OC(CO)C(O)C(O)C2NC(C)=O)(COCCCOCCCNC(=O)CCCCOC2OC(CO)C(O)C(O)C2NC(C)=O)NC(=O)CCOC(C)C)OC(CO)C(O)C1O. The lowest BCUT2D eigenvalue weighted by Crippen LogP contribution is -2.64.